The molecular formula is C17H24O. The fourth-order valence-corrected chi connectivity index (χ4v) is 2.86. The van der Waals surface area contributed by atoms with Crippen molar-refractivity contribution in [3.8, 4) is 0 Å². The minimum Gasteiger partial charge on any atom is -0.378 e. The first-order valence-corrected chi connectivity index (χ1v) is 7.14. The van der Waals surface area contributed by atoms with Gasteiger partial charge in [0.1, 0.15) is 0 Å². The lowest BCUT2D eigenvalue weighted by molar-refractivity contribution is 0.0674. The Labute approximate surface area is 111 Å². The summed E-state index contributed by atoms with van der Waals surface area (Å²) in [6, 6.07) is 9.15. The third-order valence-corrected chi connectivity index (χ3v) is 3.88. The average molecular weight is 244 g/mol. The summed E-state index contributed by atoms with van der Waals surface area (Å²) in [4.78, 5) is 0. The van der Waals surface area contributed by atoms with Crippen molar-refractivity contribution < 1.29 is 4.74 Å². The van der Waals surface area contributed by atoms with Gasteiger partial charge in [-0.25, -0.2) is 0 Å². The zero-order valence-corrected chi connectivity index (χ0v) is 11.4. The molecule has 0 aromatic heterocycles. The fourth-order valence-electron chi connectivity index (χ4n) is 2.86. The maximum Gasteiger partial charge on any atom is 0.0581 e. The van der Waals surface area contributed by atoms with Gasteiger partial charge < -0.3 is 4.74 Å². The van der Waals surface area contributed by atoms with Crippen molar-refractivity contribution in [1.29, 1.82) is 0 Å². The molecule has 1 fully saturated rings. The molecule has 1 aromatic carbocycles. The molecule has 0 radical (unpaired) electrons. The van der Waals surface area contributed by atoms with Crippen LogP contribution >= 0.6 is 0 Å². The first-order chi connectivity index (χ1) is 8.83. The molecule has 1 aromatic rings. The summed E-state index contributed by atoms with van der Waals surface area (Å²) in [6.07, 6.45) is 8.33. The van der Waals surface area contributed by atoms with Crippen LogP contribution in [0, 0.1) is 0 Å². The van der Waals surface area contributed by atoms with E-state index in [0.29, 0.717) is 12.0 Å². The summed E-state index contributed by atoms with van der Waals surface area (Å²) >= 11 is 0. The molecule has 0 spiro atoms. The zero-order valence-electron chi connectivity index (χ0n) is 11.4. The van der Waals surface area contributed by atoms with E-state index in [1.54, 1.807) is 0 Å². The first kappa shape index (κ1) is 13.4. The van der Waals surface area contributed by atoms with Crippen molar-refractivity contribution in [2.45, 2.75) is 51.0 Å². The molecule has 1 saturated carbocycles. The summed E-state index contributed by atoms with van der Waals surface area (Å²) < 4.78 is 5.72. The summed E-state index contributed by atoms with van der Waals surface area (Å²) in [6.45, 7) is 6.70. The van der Waals surface area contributed by atoms with Gasteiger partial charge in [0.2, 0.25) is 0 Å². The average Bonchev–Trinajstić information content (AvgIpc) is 2.86. The number of allylic oxidation sites excluding steroid dienone is 1. The van der Waals surface area contributed by atoms with Gasteiger partial charge in [0.15, 0.2) is 0 Å². The Balaban J connectivity index is 1.91. The number of benzene rings is 1. The highest BCUT2D eigenvalue weighted by molar-refractivity contribution is 5.26. The Morgan fingerprint density at radius 1 is 1.28 bits per heavy atom. The molecule has 1 nitrogen and oxygen atoms in total. The summed E-state index contributed by atoms with van der Waals surface area (Å²) in [5, 5.41) is 0. The molecule has 1 heteroatoms. The summed E-state index contributed by atoms with van der Waals surface area (Å²) in [5.74, 6) is 0.704. The molecule has 0 heterocycles. The molecule has 98 valence electrons. The second-order valence-electron chi connectivity index (χ2n) is 5.16. The van der Waals surface area contributed by atoms with Gasteiger partial charge in [0, 0.05) is 6.61 Å². The van der Waals surface area contributed by atoms with E-state index in [0.717, 1.165) is 19.4 Å². The predicted molar refractivity (Wildman–Crippen MR) is 77.0 cm³/mol. The third-order valence-electron chi connectivity index (χ3n) is 3.88. The quantitative estimate of drug-likeness (QED) is 0.670. The van der Waals surface area contributed by atoms with Crippen LogP contribution in [0.5, 0.6) is 0 Å². The van der Waals surface area contributed by atoms with Crippen LogP contribution in [-0.2, 0) is 11.2 Å². The molecule has 2 unspecified atom stereocenters. The van der Waals surface area contributed by atoms with Crippen molar-refractivity contribution in [3.63, 3.8) is 0 Å². The van der Waals surface area contributed by atoms with Crippen LogP contribution in [0.1, 0.15) is 49.7 Å². The largest absolute Gasteiger partial charge is 0.378 e. The smallest absolute Gasteiger partial charge is 0.0581 e. The normalized spacial score (nSPS) is 23.2. The van der Waals surface area contributed by atoms with Gasteiger partial charge in [-0.3, -0.25) is 0 Å². The maximum atomic E-state index is 5.72. The number of hydrogen-bond acceptors (Lipinski definition) is 1. The first-order valence-electron chi connectivity index (χ1n) is 7.14. The second kappa shape index (κ2) is 6.75. The van der Waals surface area contributed by atoms with E-state index in [1.165, 1.54) is 30.4 Å². The summed E-state index contributed by atoms with van der Waals surface area (Å²) in [7, 11) is 0. The molecule has 0 saturated heterocycles. The van der Waals surface area contributed by atoms with Crippen molar-refractivity contribution >= 4 is 0 Å². The van der Waals surface area contributed by atoms with Crippen LogP contribution in [0.25, 0.3) is 0 Å². The van der Waals surface area contributed by atoms with Gasteiger partial charge in [0.05, 0.1) is 6.10 Å². The minimum atomic E-state index is 0.487. The Hall–Kier alpha value is -1.08. The molecular weight excluding hydrogens is 220 g/mol. The van der Waals surface area contributed by atoms with E-state index in [4.69, 9.17) is 4.74 Å². The van der Waals surface area contributed by atoms with Crippen molar-refractivity contribution in [2.24, 2.45) is 0 Å². The Kier molecular flexibility index (Phi) is 5.00. The lowest BCUT2D eigenvalue weighted by Gasteiger charge is -2.12. The summed E-state index contributed by atoms with van der Waals surface area (Å²) in [5.41, 5.74) is 2.90. The van der Waals surface area contributed by atoms with Gasteiger partial charge in [-0.05, 0) is 56.1 Å². The van der Waals surface area contributed by atoms with E-state index in [2.05, 4.69) is 37.8 Å². The molecule has 18 heavy (non-hydrogen) atoms. The van der Waals surface area contributed by atoms with E-state index in [9.17, 15) is 0 Å². The van der Waals surface area contributed by atoms with Gasteiger partial charge >= 0.3 is 0 Å². The number of rotatable bonds is 6. The molecule has 1 aliphatic carbocycles. The minimum absolute atomic E-state index is 0.487. The van der Waals surface area contributed by atoms with Gasteiger partial charge in [-0.2, -0.15) is 0 Å². The highest BCUT2D eigenvalue weighted by atomic mass is 16.5. The van der Waals surface area contributed by atoms with Crippen LogP contribution in [0.2, 0.25) is 0 Å². The molecule has 2 rings (SSSR count). The topological polar surface area (TPSA) is 9.23 Å². The Morgan fingerprint density at radius 3 is 2.72 bits per heavy atom. The maximum absolute atomic E-state index is 5.72. The monoisotopic (exact) mass is 244 g/mol. The SMILES string of the molecule is C=CCCc1ccc(C2CCC(OCC)C2)cc1. The van der Waals surface area contributed by atoms with E-state index < -0.39 is 0 Å². The molecule has 0 bridgehead atoms. The number of aryl methyl sites for hydroxylation is 1. The standard InChI is InChI=1S/C17H24O/c1-3-5-6-14-7-9-15(10-8-14)16-11-12-17(13-16)18-4-2/h3,7-10,16-17H,1,4-6,11-13H2,2H3. The van der Waals surface area contributed by atoms with E-state index >= 15 is 0 Å². The molecule has 2 atom stereocenters. The van der Waals surface area contributed by atoms with Crippen LogP contribution in [0.3, 0.4) is 0 Å². The molecule has 1 aliphatic rings. The van der Waals surface area contributed by atoms with Crippen molar-refractivity contribution in [1.82, 2.24) is 0 Å². The third kappa shape index (κ3) is 3.46. The molecule has 0 N–H and O–H groups in total. The fraction of sp³-hybridized carbons (Fsp3) is 0.529. The van der Waals surface area contributed by atoms with Crippen molar-refractivity contribution in [3.05, 3.63) is 48.0 Å². The Morgan fingerprint density at radius 2 is 2.06 bits per heavy atom. The Bertz CT molecular complexity index is 366. The number of hydrogen-bond donors (Lipinski definition) is 0. The van der Waals surface area contributed by atoms with Crippen LogP contribution in [-0.4, -0.2) is 12.7 Å². The van der Waals surface area contributed by atoms with E-state index in [-0.39, 0.29) is 0 Å². The van der Waals surface area contributed by atoms with Gasteiger partial charge in [-0.1, -0.05) is 30.3 Å². The zero-order chi connectivity index (χ0) is 12.8. The number of ether oxygens (including phenoxy) is 1. The molecule has 0 amide bonds. The van der Waals surface area contributed by atoms with Crippen LogP contribution < -0.4 is 0 Å². The van der Waals surface area contributed by atoms with Gasteiger partial charge in [-0.15, -0.1) is 6.58 Å². The van der Waals surface area contributed by atoms with Crippen molar-refractivity contribution in [2.75, 3.05) is 6.61 Å². The van der Waals surface area contributed by atoms with Crippen LogP contribution in [0.15, 0.2) is 36.9 Å². The predicted octanol–water partition coefficient (Wildman–Crippen LogP) is 4.48. The highest BCUT2D eigenvalue weighted by Gasteiger charge is 2.25. The van der Waals surface area contributed by atoms with Crippen LogP contribution in [0.4, 0.5) is 0 Å². The lowest BCUT2D eigenvalue weighted by Crippen LogP contribution is -2.07. The molecule has 0 aliphatic heterocycles. The lowest BCUT2D eigenvalue weighted by atomic mass is 9.96. The van der Waals surface area contributed by atoms with E-state index in [1.807, 2.05) is 6.08 Å². The highest BCUT2D eigenvalue weighted by Crippen LogP contribution is 2.35. The second-order valence-corrected chi connectivity index (χ2v) is 5.16. The van der Waals surface area contributed by atoms with Gasteiger partial charge in [0.25, 0.3) is 0 Å².